The highest BCUT2D eigenvalue weighted by Crippen LogP contribution is 2.24. The number of aliphatic hydroxyl groups is 1. The van der Waals surface area contributed by atoms with Gasteiger partial charge in [-0.15, -0.1) is 11.3 Å². The normalized spacial score (nSPS) is 16.6. The van der Waals surface area contributed by atoms with Crippen LogP contribution in [0.1, 0.15) is 43.6 Å². The summed E-state index contributed by atoms with van der Waals surface area (Å²) in [5, 5.41) is 14.6. The van der Waals surface area contributed by atoms with E-state index in [0.717, 1.165) is 19.4 Å². The number of carbonyl (C=O) groups excluding carboxylic acids is 2. The quantitative estimate of drug-likeness (QED) is 0.798. The molecule has 0 saturated heterocycles. The maximum atomic E-state index is 12.2. The second-order valence-electron chi connectivity index (χ2n) is 6.19. The first kappa shape index (κ1) is 17.9. The minimum atomic E-state index is -0.529. The molecule has 0 radical (unpaired) electrons. The SMILES string of the molecule is CCC(C)C(O)CNC(=O)CCC(=O)N1CCc2sccc2C1. The molecule has 1 aliphatic rings. The van der Waals surface area contributed by atoms with E-state index in [2.05, 4.69) is 16.8 Å². The second kappa shape index (κ2) is 8.45. The van der Waals surface area contributed by atoms with Gasteiger partial charge >= 0.3 is 0 Å². The Hall–Kier alpha value is -1.40. The minimum Gasteiger partial charge on any atom is -0.391 e. The molecule has 0 aliphatic carbocycles. The molecule has 2 atom stereocenters. The molecule has 0 aromatic carbocycles. The molecule has 6 heteroatoms. The lowest BCUT2D eigenvalue weighted by molar-refractivity contribution is -0.134. The maximum absolute atomic E-state index is 12.2. The highest BCUT2D eigenvalue weighted by atomic mass is 32.1. The van der Waals surface area contributed by atoms with Gasteiger partial charge in [0.15, 0.2) is 0 Å². The molecular weight excluding hydrogens is 312 g/mol. The van der Waals surface area contributed by atoms with Crippen LogP contribution in [-0.2, 0) is 22.6 Å². The van der Waals surface area contributed by atoms with Crippen LogP contribution in [0, 0.1) is 5.92 Å². The fraction of sp³-hybridized carbons (Fsp3) is 0.647. The molecule has 2 amide bonds. The summed E-state index contributed by atoms with van der Waals surface area (Å²) in [7, 11) is 0. The van der Waals surface area contributed by atoms with Crippen molar-refractivity contribution >= 4 is 23.2 Å². The highest BCUT2D eigenvalue weighted by Gasteiger charge is 2.22. The summed E-state index contributed by atoms with van der Waals surface area (Å²) < 4.78 is 0. The average molecular weight is 338 g/mol. The average Bonchev–Trinajstić information content (AvgIpc) is 3.04. The van der Waals surface area contributed by atoms with Crippen LogP contribution in [0.2, 0.25) is 0 Å². The first-order valence-corrected chi connectivity index (χ1v) is 9.17. The van der Waals surface area contributed by atoms with Gasteiger partial charge in [0.05, 0.1) is 6.10 Å². The van der Waals surface area contributed by atoms with Crippen molar-refractivity contribution < 1.29 is 14.7 Å². The van der Waals surface area contributed by atoms with Gasteiger partial charge in [-0.2, -0.15) is 0 Å². The molecule has 5 nitrogen and oxygen atoms in total. The van der Waals surface area contributed by atoms with Gasteiger partial charge in [0.25, 0.3) is 0 Å². The molecule has 2 unspecified atom stereocenters. The number of nitrogens with zero attached hydrogens (tertiary/aromatic N) is 1. The Morgan fingerprint density at radius 2 is 2.22 bits per heavy atom. The standard InChI is InChI=1S/C17H26N2O3S/c1-3-12(2)14(20)10-18-16(21)4-5-17(22)19-8-6-15-13(11-19)7-9-23-15/h7,9,12,14,20H,3-6,8,10-11H2,1-2H3,(H,18,21). The number of rotatable bonds is 7. The van der Waals surface area contributed by atoms with E-state index in [1.165, 1.54) is 10.4 Å². The third-order valence-corrected chi connectivity index (χ3v) is 5.56. The number of amides is 2. The van der Waals surface area contributed by atoms with Gasteiger partial charge in [0.2, 0.25) is 11.8 Å². The highest BCUT2D eigenvalue weighted by molar-refractivity contribution is 7.10. The zero-order valence-electron chi connectivity index (χ0n) is 13.9. The molecule has 2 heterocycles. The fourth-order valence-corrected chi connectivity index (χ4v) is 3.51. The number of carbonyl (C=O) groups is 2. The van der Waals surface area contributed by atoms with Gasteiger partial charge in [0.1, 0.15) is 0 Å². The van der Waals surface area contributed by atoms with E-state index >= 15 is 0 Å². The number of nitrogens with one attached hydrogen (secondary N) is 1. The van der Waals surface area contributed by atoms with Gasteiger partial charge in [-0.1, -0.05) is 20.3 Å². The summed E-state index contributed by atoms with van der Waals surface area (Å²) in [6, 6.07) is 2.07. The number of thiophene rings is 1. The Morgan fingerprint density at radius 3 is 2.96 bits per heavy atom. The predicted octanol–water partition coefficient (Wildman–Crippen LogP) is 1.94. The molecule has 1 aromatic rings. The van der Waals surface area contributed by atoms with Gasteiger partial charge in [-0.3, -0.25) is 9.59 Å². The summed E-state index contributed by atoms with van der Waals surface area (Å²) in [6.45, 7) is 5.61. The Balaban J connectivity index is 1.69. The van der Waals surface area contributed by atoms with E-state index in [9.17, 15) is 14.7 Å². The van der Waals surface area contributed by atoms with E-state index in [4.69, 9.17) is 0 Å². The molecule has 0 spiro atoms. The van der Waals surface area contributed by atoms with Crippen molar-refractivity contribution in [3.8, 4) is 0 Å². The van der Waals surface area contributed by atoms with Gasteiger partial charge < -0.3 is 15.3 Å². The van der Waals surface area contributed by atoms with Crippen LogP contribution in [0.25, 0.3) is 0 Å². The topological polar surface area (TPSA) is 69.6 Å². The largest absolute Gasteiger partial charge is 0.391 e. The van der Waals surface area contributed by atoms with Crippen LogP contribution in [0.4, 0.5) is 0 Å². The van der Waals surface area contributed by atoms with Gasteiger partial charge in [-0.25, -0.2) is 0 Å². The molecule has 0 saturated carbocycles. The smallest absolute Gasteiger partial charge is 0.223 e. The maximum Gasteiger partial charge on any atom is 0.223 e. The Kier molecular flexibility index (Phi) is 6.59. The lowest BCUT2D eigenvalue weighted by Crippen LogP contribution is -2.38. The summed E-state index contributed by atoms with van der Waals surface area (Å²) in [6.07, 6.45) is 1.66. The molecule has 2 N–H and O–H groups in total. The zero-order chi connectivity index (χ0) is 16.8. The Labute approximate surface area is 141 Å². The number of hydrogen-bond acceptors (Lipinski definition) is 4. The summed E-state index contributed by atoms with van der Waals surface area (Å²) >= 11 is 1.74. The first-order valence-electron chi connectivity index (χ1n) is 8.29. The van der Waals surface area contributed by atoms with Crippen molar-refractivity contribution in [2.45, 2.75) is 52.2 Å². The number of fused-ring (bicyclic) bond motifs is 1. The zero-order valence-corrected chi connectivity index (χ0v) is 14.7. The van der Waals surface area contributed by atoms with Crippen molar-refractivity contribution in [2.24, 2.45) is 5.92 Å². The molecule has 1 aromatic heterocycles. The summed E-state index contributed by atoms with van der Waals surface area (Å²) in [5.74, 6) is 0.0125. The van der Waals surface area contributed by atoms with Crippen LogP contribution in [0.15, 0.2) is 11.4 Å². The lowest BCUT2D eigenvalue weighted by Gasteiger charge is -2.27. The first-order chi connectivity index (χ1) is 11.0. The Bertz CT molecular complexity index is 544. The second-order valence-corrected chi connectivity index (χ2v) is 7.19. The third-order valence-electron chi connectivity index (χ3n) is 4.54. The molecule has 23 heavy (non-hydrogen) atoms. The Morgan fingerprint density at radius 1 is 1.43 bits per heavy atom. The number of aliphatic hydroxyl groups excluding tert-OH is 1. The number of hydrogen-bond donors (Lipinski definition) is 2. The van der Waals surface area contributed by atoms with Crippen LogP contribution in [0.5, 0.6) is 0 Å². The van der Waals surface area contributed by atoms with E-state index in [-0.39, 0.29) is 37.1 Å². The van der Waals surface area contributed by atoms with Crippen molar-refractivity contribution in [3.63, 3.8) is 0 Å². The van der Waals surface area contributed by atoms with Crippen LogP contribution < -0.4 is 5.32 Å². The van der Waals surface area contributed by atoms with Crippen molar-refractivity contribution in [1.29, 1.82) is 0 Å². The van der Waals surface area contributed by atoms with E-state index in [0.29, 0.717) is 6.54 Å². The van der Waals surface area contributed by atoms with E-state index in [1.807, 2.05) is 18.7 Å². The molecular formula is C17H26N2O3S. The molecule has 1 aliphatic heterocycles. The third kappa shape index (κ3) is 5.04. The van der Waals surface area contributed by atoms with Crippen molar-refractivity contribution in [2.75, 3.05) is 13.1 Å². The lowest BCUT2D eigenvalue weighted by atomic mass is 10.0. The van der Waals surface area contributed by atoms with Gasteiger partial charge in [-0.05, 0) is 29.3 Å². The van der Waals surface area contributed by atoms with Crippen molar-refractivity contribution in [3.05, 3.63) is 21.9 Å². The monoisotopic (exact) mass is 338 g/mol. The van der Waals surface area contributed by atoms with E-state index < -0.39 is 6.10 Å². The molecule has 0 bridgehead atoms. The fourth-order valence-electron chi connectivity index (χ4n) is 2.62. The molecule has 128 valence electrons. The van der Waals surface area contributed by atoms with Crippen LogP contribution in [-0.4, -0.2) is 41.0 Å². The molecule has 2 rings (SSSR count). The predicted molar refractivity (Wildman–Crippen MR) is 91.1 cm³/mol. The summed E-state index contributed by atoms with van der Waals surface area (Å²) in [4.78, 5) is 27.2. The van der Waals surface area contributed by atoms with E-state index in [1.54, 1.807) is 11.3 Å². The minimum absolute atomic E-state index is 0.0273. The van der Waals surface area contributed by atoms with Crippen molar-refractivity contribution in [1.82, 2.24) is 10.2 Å². The van der Waals surface area contributed by atoms with Crippen LogP contribution >= 0.6 is 11.3 Å². The molecule has 0 fully saturated rings. The van der Waals surface area contributed by atoms with Crippen LogP contribution in [0.3, 0.4) is 0 Å². The summed E-state index contributed by atoms with van der Waals surface area (Å²) in [5.41, 5.74) is 1.23. The van der Waals surface area contributed by atoms with Gasteiger partial charge in [0, 0.05) is 37.4 Å².